The Balaban J connectivity index is 2.21. The monoisotopic (exact) mass is 296 g/mol. The second-order valence-corrected chi connectivity index (χ2v) is 5.61. The Morgan fingerprint density at radius 1 is 1.35 bits per heavy atom. The lowest BCUT2D eigenvalue weighted by Crippen LogP contribution is -2.13. The first kappa shape index (κ1) is 14.0. The first-order chi connectivity index (χ1) is 9.42. The van der Waals surface area contributed by atoms with E-state index in [0.717, 1.165) is 0 Å². The Morgan fingerprint density at radius 3 is 2.50 bits per heavy atom. The summed E-state index contributed by atoms with van der Waals surface area (Å²) in [6.07, 6.45) is 1.82. The number of aromatic amines is 1. The van der Waals surface area contributed by atoms with E-state index in [4.69, 9.17) is 0 Å². The number of nitrogens with one attached hydrogen (secondary N) is 2. The fraction of sp³-hybridized carbons (Fsp3) is 0.182. The molecule has 9 heteroatoms. The van der Waals surface area contributed by atoms with Gasteiger partial charge < -0.3 is 4.98 Å². The van der Waals surface area contributed by atoms with Gasteiger partial charge in [-0.15, -0.1) is 0 Å². The van der Waals surface area contributed by atoms with Crippen molar-refractivity contribution in [3.63, 3.8) is 0 Å². The number of aryl methyl sites for hydroxylation is 1. The molecule has 1 heterocycles. The van der Waals surface area contributed by atoms with E-state index in [-0.39, 0.29) is 16.4 Å². The van der Waals surface area contributed by atoms with Crippen LogP contribution in [0.25, 0.3) is 0 Å². The Hall–Kier alpha value is -2.42. The van der Waals surface area contributed by atoms with Crippen molar-refractivity contribution in [1.29, 1.82) is 0 Å². The zero-order valence-electron chi connectivity index (χ0n) is 10.5. The fourth-order valence-electron chi connectivity index (χ4n) is 1.52. The summed E-state index contributed by atoms with van der Waals surface area (Å²) in [5, 5.41) is 10.5. The molecule has 0 amide bonds. The van der Waals surface area contributed by atoms with E-state index in [1.165, 1.54) is 30.5 Å². The number of non-ortho nitro benzene ring substituents is 1. The Kier molecular flexibility index (Phi) is 3.70. The highest BCUT2D eigenvalue weighted by atomic mass is 32.2. The summed E-state index contributed by atoms with van der Waals surface area (Å²) in [6, 6.07) is 5.10. The second-order valence-electron chi connectivity index (χ2n) is 3.96. The minimum atomic E-state index is -3.77. The predicted octanol–water partition coefficient (Wildman–Crippen LogP) is 1.68. The van der Waals surface area contributed by atoms with Crippen molar-refractivity contribution in [3.8, 4) is 0 Å². The summed E-state index contributed by atoms with van der Waals surface area (Å²) in [4.78, 5) is 16.6. The van der Waals surface area contributed by atoms with E-state index in [0.29, 0.717) is 12.2 Å². The topological polar surface area (TPSA) is 118 Å². The van der Waals surface area contributed by atoms with Crippen molar-refractivity contribution in [2.75, 3.05) is 4.72 Å². The molecular formula is C11H12N4O4S. The first-order valence-electron chi connectivity index (χ1n) is 5.73. The van der Waals surface area contributed by atoms with Crippen LogP contribution in [-0.2, 0) is 16.4 Å². The van der Waals surface area contributed by atoms with Crippen LogP contribution >= 0.6 is 0 Å². The van der Waals surface area contributed by atoms with Crippen LogP contribution in [0.2, 0.25) is 0 Å². The molecule has 0 aliphatic rings. The third-order valence-electron chi connectivity index (χ3n) is 2.56. The molecule has 2 N–H and O–H groups in total. The molecule has 0 saturated carbocycles. The highest BCUT2D eigenvalue weighted by Gasteiger charge is 2.17. The molecule has 0 fully saturated rings. The smallest absolute Gasteiger partial charge is 0.278 e. The third-order valence-corrected chi connectivity index (χ3v) is 3.85. The molecule has 2 rings (SSSR count). The molecule has 1 aromatic carbocycles. The summed E-state index contributed by atoms with van der Waals surface area (Å²) < 4.78 is 26.4. The molecule has 0 spiro atoms. The summed E-state index contributed by atoms with van der Waals surface area (Å²) in [7, 11) is -3.77. The van der Waals surface area contributed by atoms with Gasteiger partial charge in [0, 0.05) is 24.2 Å². The Bertz CT molecular complexity index is 721. The number of nitro benzene ring substituents is 1. The Morgan fingerprint density at radius 2 is 2.00 bits per heavy atom. The molecule has 2 aromatic rings. The van der Waals surface area contributed by atoms with Gasteiger partial charge in [-0.3, -0.25) is 14.8 Å². The van der Waals surface area contributed by atoms with E-state index in [9.17, 15) is 18.5 Å². The average Bonchev–Trinajstić information content (AvgIpc) is 2.88. The van der Waals surface area contributed by atoms with Gasteiger partial charge in [0.2, 0.25) is 0 Å². The predicted molar refractivity (Wildman–Crippen MR) is 71.9 cm³/mol. The molecule has 0 bridgehead atoms. The van der Waals surface area contributed by atoms with Gasteiger partial charge in [0.05, 0.1) is 11.1 Å². The lowest BCUT2D eigenvalue weighted by molar-refractivity contribution is -0.384. The number of nitro groups is 1. The minimum absolute atomic E-state index is 0.0484. The molecule has 0 radical (unpaired) electrons. The molecule has 0 unspecified atom stereocenters. The number of hydrogen-bond donors (Lipinski definition) is 2. The van der Waals surface area contributed by atoms with Crippen molar-refractivity contribution in [1.82, 2.24) is 9.97 Å². The summed E-state index contributed by atoms with van der Waals surface area (Å²) >= 11 is 0. The zero-order chi connectivity index (χ0) is 14.8. The van der Waals surface area contributed by atoms with Crippen molar-refractivity contribution in [2.45, 2.75) is 18.4 Å². The maximum atomic E-state index is 12.0. The molecule has 0 aliphatic heterocycles. The van der Waals surface area contributed by atoms with E-state index in [1.807, 2.05) is 6.92 Å². The van der Waals surface area contributed by atoms with Gasteiger partial charge in [-0.1, -0.05) is 6.92 Å². The van der Waals surface area contributed by atoms with Crippen LogP contribution in [-0.4, -0.2) is 23.3 Å². The van der Waals surface area contributed by atoms with Crippen molar-refractivity contribution >= 4 is 21.4 Å². The van der Waals surface area contributed by atoms with Gasteiger partial charge in [0.15, 0.2) is 5.03 Å². The van der Waals surface area contributed by atoms with Crippen molar-refractivity contribution in [3.05, 3.63) is 46.4 Å². The number of rotatable bonds is 5. The van der Waals surface area contributed by atoms with Gasteiger partial charge in [-0.2, -0.15) is 8.42 Å². The molecule has 20 heavy (non-hydrogen) atoms. The number of nitrogens with zero attached hydrogens (tertiary/aromatic N) is 2. The second kappa shape index (κ2) is 5.29. The number of sulfonamides is 1. The summed E-state index contributed by atoms with van der Waals surface area (Å²) in [5.41, 5.74) is 0.131. The normalized spacial score (nSPS) is 11.2. The van der Waals surface area contributed by atoms with Crippen LogP contribution in [0, 0.1) is 10.1 Å². The molecule has 106 valence electrons. The highest BCUT2D eigenvalue weighted by Crippen LogP contribution is 2.18. The lowest BCUT2D eigenvalue weighted by Gasteiger charge is -2.05. The van der Waals surface area contributed by atoms with E-state index < -0.39 is 14.9 Å². The molecule has 0 aliphatic carbocycles. The van der Waals surface area contributed by atoms with Gasteiger partial charge >= 0.3 is 0 Å². The maximum Gasteiger partial charge on any atom is 0.278 e. The number of aromatic nitrogens is 2. The zero-order valence-corrected chi connectivity index (χ0v) is 11.3. The van der Waals surface area contributed by atoms with Gasteiger partial charge in [0.1, 0.15) is 5.82 Å². The average molecular weight is 296 g/mol. The minimum Gasteiger partial charge on any atom is -0.332 e. The van der Waals surface area contributed by atoms with Gasteiger partial charge in [0.25, 0.3) is 15.7 Å². The largest absolute Gasteiger partial charge is 0.332 e. The van der Waals surface area contributed by atoms with Crippen LogP contribution in [0.15, 0.2) is 35.5 Å². The SMILES string of the molecule is CCc1ncc(S(=O)(=O)Nc2ccc([N+](=O)[O-])cc2)[nH]1. The quantitative estimate of drug-likeness (QED) is 0.642. The number of hydrogen-bond acceptors (Lipinski definition) is 5. The van der Waals surface area contributed by atoms with Gasteiger partial charge in [-0.05, 0) is 12.1 Å². The molecule has 1 aromatic heterocycles. The van der Waals surface area contributed by atoms with Crippen LogP contribution < -0.4 is 4.72 Å². The van der Waals surface area contributed by atoms with E-state index >= 15 is 0 Å². The molecule has 0 saturated heterocycles. The first-order valence-corrected chi connectivity index (χ1v) is 7.22. The third kappa shape index (κ3) is 2.94. The number of imidazole rings is 1. The standard InChI is InChI=1S/C11H12N4O4S/c1-2-10-12-7-11(13-10)20(18,19)14-8-3-5-9(6-4-8)15(16)17/h3-7,14H,2H2,1H3,(H,12,13). The number of benzene rings is 1. The fourth-order valence-corrected chi connectivity index (χ4v) is 2.52. The maximum absolute atomic E-state index is 12.0. The van der Waals surface area contributed by atoms with Crippen LogP contribution in [0.4, 0.5) is 11.4 Å². The molecule has 8 nitrogen and oxygen atoms in total. The summed E-state index contributed by atoms with van der Waals surface area (Å²) in [5.74, 6) is 0.564. The molecular weight excluding hydrogens is 284 g/mol. The molecule has 0 atom stereocenters. The number of anilines is 1. The van der Waals surface area contributed by atoms with Crippen molar-refractivity contribution in [2.24, 2.45) is 0 Å². The number of H-pyrrole nitrogens is 1. The van der Waals surface area contributed by atoms with Gasteiger partial charge in [-0.25, -0.2) is 4.98 Å². The van der Waals surface area contributed by atoms with Crippen LogP contribution in [0.5, 0.6) is 0 Å². The van der Waals surface area contributed by atoms with Crippen LogP contribution in [0.1, 0.15) is 12.7 Å². The Labute approximate surface area is 115 Å². The van der Waals surface area contributed by atoms with E-state index in [2.05, 4.69) is 14.7 Å². The van der Waals surface area contributed by atoms with Crippen molar-refractivity contribution < 1.29 is 13.3 Å². The van der Waals surface area contributed by atoms with Crippen LogP contribution in [0.3, 0.4) is 0 Å². The highest BCUT2D eigenvalue weighted by molar-refractivity contribution is 7.92. The summed E-state index contributed by atoms with van der Waals surface area (Å²) in [6.45, 7) is 1.85. The lowest BCUT2D eigenvalue weighted by atomic mass is 10.3. The van der Waals surface area contributed by atoms with E-state index in [1.54, 1.807) is 0 Å².